The van der Waals surface area contributed by atoms with Crippen LogP contribution in [0, 0.1) is 5.92 Å². The standard InChI is InChI=1S/C12H16N2OS/c15-12(10-8-13-9-10)14-6-7-16-11-4-2-1-3-5-11/h1-5,10,13H,6-9H2,(H,14,15). The van der Waals surface area contributed by atoms with E-state index in [1.54, 1.807) is 11.8 Å². The van der Waals surface area contributed by atoms with Gasteiger partial charge in [0.05, 0.1) is 5.92 Å². The molecule has 16 heavy (non-hydrogen) atoms. The van der Waals surface area contributed by atoms with E-state index >= 15 is 0 Å². The van der Waals surface area contributed by atoms with E-state index < -0.39 is 0 Å². The van der Waals surface area contributed by atoms with Gasteiger partial charge in [-0.2, -0.15) is 0 Å². The summed E-state index contributed by atoms with van der Waals surface area (Å²) in [7, 11) is 0. The predicted molar refractivity (Wildman–Crippen MR) is 66.5 cm³/mol. The number of nitrogens with one attached hydrogen (secondary N) is 2. The Kier molecular flexibility index (Phi) is 4.25. The predicted octanol–water partition coefficient (Wildman–Crippen LogP) is 1.11. The fourth-order valence-corrected chi connectivity index (χ4v) is 2.27. The van der Waals surface area contributed by atoms with Crippen LogP contribution in [-0.2, 0) is 4.79 Å². The second-order valence-corrected chi connectivity index (χ2v) is 4.98. The average Bonchev–Trinajstić information content (AvgIpc) is 2.23. The van der Waals surface area contributed by atoms with E-state index in [4.69, 9.17) is 0 Å². The molecule has 1 heterocycles. The van der Waals surface area contributed by atoms with E-state index in [0.29, 0.717) is 0 Å². The van der Waals surface area contributed by atoms with Gasteiger partial charge in [-0.25, -0.2) is 0 Å². The maximum Gasteiger partial charge on any atom is 0.225 e. The molecule has 1 aliphatic rings. The third kappa shape index (κ3) is 3.25. The Balaban J connectivity index is 1.60. The molecule has 2 N–H and O–H groups in total. The number of benzene rings is 1. The summed E-state index contributed by atoms with van der Waals surface area (Å²) in [6.07, 6.45) is 0. The van der Waals surface area contributed by atoms with Gasteiger partial charge in [-0.05, 0) is 12.1 Å². The van der Waals surface area contributed by atoms with Gasteiger partial charge in [-0.1, -0.05) is 18.2 Å². The van der Waals surface area contributed by atoms with Gasteiger partial charge in [0.2, 0.25) is 5.91 Å². The van der Waals surface area contributed by atoms with Crippen LogP contribution in [-0.4, -0.2) is 31.3 Å². The lowest BCUT2D eigenvalue weighted by Gasteiger charge is -2.25. The minimum absolute atomic E-state index is 0.187. The number of rotatable bonds is 5. The van der Waals surface area contributed by atoms with Crippen molar-refractivity contribution in [3.8, 4) is 0 Å². The molecule has 1 aromatic rings. The molecule has 4 heteroatoms. The maximum atomic E-state index is 11.5. The van der Waals surface area contributed by atoms with Gasteiger partial charge in [0.1, 0.15) is 0 Å². The molecule has 0 saturated carbocycles. The highest BCUT2D eigenvalue weighted by molar-refractivity contribution is 7.99. The van der Waals surface area contributed by atoms with Crippen molar-refractivity contribution < 1.29 is 4.79 Å². The summed E-state index contributed by atoms with van der Waals surface area (Å²) in [5, 5.41) is 6.05. The highest BCUT2D eigenvalue weighted by Gasteiger charge is 2.23. The normalized spacial score (nSPS) is 15.5. The molecule has 1 aromatic carbocycles. The number of carbonyl (C=O) groups excluding carboxylic acids is 1. The monoisotopic (exact) mass is 236 g/mol. The fraction of sp³-hybridized carbons (Fsp3) is 0.417. The molecular weight excluding hydrogens is 220 g/mol. The SMILES string of the molecule is O=C(NCCSc1ccccc1)C1CNC1. The van der Waals surface area contributed by atoms with Crippen LogP contribution in [0.25, 0.3) is 0 Å². The van der Waals surface area contributed by atoms with Crippen molar-refractivity contribution in [2.45, 2.75) is 4.90 Å². The third-order valence-electron chi connectivity index (χ3n) is 2.57. The largest absolute Gasteiger partial charge is 0.355 e. The van der Waals surface area contributed by atoms with Crippen molar-refractivity contribution in [3.05, 3.63) is 30.3 Å². The molecule has 1 saturated heterocycles. The van der Waals surface area contributed by atoms with E-state index in [9.17, 15) is 4.79 Å². The first-order valence-electron chi connectivity index (χ1n) is 5.52. The summed E-state index contributed by atoms with van der Waals surface area (Å²) >= 11 is 1.77. The van der Waals surface area contributed by atoms with Crippen LogP contribution in [0.3, 0.4) is 0 Å². The summed E-state index contributed by atoms with van der Waals surface area (Å²) in [6, 6.07) is 10.2. The van der Waals surface area contributed by atoms with Gasteiger partial charge in [-0.15, -0.1) is 11.8 Å². The van der Waals surface area contributed by atoms with Crippen molar-refractivity contribution in [1.82, 2.24) is 10.6 Å². The van der Waals surface area contributed by atoms with E-state index in [-0.39, 0.29) is 11.8 Å². The van der Waals surface area contributed by atoms with Crippen molar-refractivity contribution in [2.24, 2.45) is 5.92 Å². The number of thioether (sulfide) groups is 1. The van der Waals surface area contributed by atoms with Crippen LogP contribution in [0.1, 0.15) is 0 Å². The minimum Gasteiger partial charge on any atom is -0.355 e. The third-order valence-corrected chi connectivity index (χ3v) is 3.58. The van der Waals surface area contributed by atoms with Crippen molar-refractivity contribution >= 4 is 17.7 Å². The summed E-state index contributed by atoms with van der Waals surface area (Å²) in [6.45, 7) is 2.41. The van der Waals surface area contributed by atoms with Crippen LogP contribution >= 0.6 is 11.8 Å². The molecule has 0 aliphatic carbocycles. The zero-order valence-corrected chi connectivity index (χ0v) is 9.93. The van der Waals surface area contributed by atoms with E-state index in [1.165, 1.54) is 4.90 Å². The topological polar surface area (TPSA) is 41.1 Å². The van der Waals surface area contributed by atoms with E-state index in [1.807, 2.05) is 18.2 Å². The van der Waals surface area contributed by atoms with Crippen molar-refractivity contribution in [2.75, 3.05) is 25.4 Å². The Morgan fingerprint density at radius 3 is 2.75 bits per heavy atom. The molecule has 0 bridgehead atoms. The maximum absolute atomic E-state index is 11.5. The van der Waals surface area contributed by atoms with Crippen molar-refractivity contribution in [1.29, 1.82) is 0 Å². The van der Waals surface area contributed by atoms with Crippen molar-refractivity contribution in [3.63, 3.8) is 0 Å². The lowest BCUT2D eigenvalue weighted by molar-refractivity contribution is -0.126. The summed E-state index contributed by atoms with van der Waals surface area (Å²) in [4.78, 5) is 12.7. The van der Waals surface area contributed by atoms with Gasteiger partial charge < -0.3 is 10.6 Å². The Bertz CT molecular complexity index is 338. The zero-order valence-electron chi connectivity index (χ0n) is 9.11. The molecule has 0 spiro atoms. The van der Waals surface area contributed by atoms with Crippen LogP contribution in [0.2, 0.25) is 0 Å². The first-order valence-corrected chi connectivity index (χ1v) is 6.51. The van der Waals surface area contributed by atoms with Gasteiger partial charge in [-0.3, -0.25) is 4.79 Å². The molecule has 1 amide bonds. The van der Waals surface area contributed by atoms with Crippen LogP contribution in [0.5, 0.6) is 0 Å². The Morgan fingerprint density at radius 1 is 1.38 bits per heavy atom. The number of hydrogen-bond acceptors (Lipinski definition) is 3. The van der Waals surface area contributed by atoms with Gasteiger partial charge in [0.15, 0.2) is 0 Å². The molecule has 1 aliphatic heterocycles. The Labute approximate surface area is 100.0 Å². The molecule has 2 rings (SSSR count). The van der Waals surface area contributed by atoms with Gasteiger partial charge in [0.25, 0.3) is 0 Å². The smallest absolute Gasteiger partial charge is 0.225 e. The van der Waals surface area contributed by atoms with Gasteiger partial charge >= 0.3 is 0 Å². The number of amides is 1. The molecule has 0 unspecified atom stereocenters. The summed E-state index contributed by atoms with van der Waals surface area (Å²) in [5.41, 5.74) is 0. The van der Waals surface area contributed by atoms with Crippen LogP contribution in [0.4, 0.5) is 0 Å². The Morgan fingerprint density at radius 2 is 2.12 bits per heavy atom. The van der Waals surface area contributed by atoms with E-state index in [2.05, 4.69) is 22.8 Å². The molecule has 3 nitrogen and oxygen atoms in total. The van der Waals surface area contributed by atoms with Gasteiger partial charge in [0, 0.05) is 30.3 Å². The lowest BCUT2D eigenvalue weighted by Crippen LogP contribution is -2.51. The Hall–Kier alpha value is -1.00. The minimum atomic E-state index is 0.187. The molecule has 0 radical (unpaired) electrons. The molecule has 0 aromatic heterocycles. The molecular formula is C12H16N2OS. The molecule has 86 valence electrons. The fourth-order valence-electron chi connectivity index (χ4n) is 1.48. The summed E-state index contributed by atoms with van der Waals surface area (Å²) in [5.74, 6) is 1.31. The first-order chi connectivity index (χ1) is 7.86. The highest BCUT2D eigenvalue weighted by atomic mass is 32.2. The number of hydrogen-bond donors (Lipinski definition) is 2. The van der Waals surface area contributed by atoms with E-state index in [0.717, 1.165) is 25.4 Å². The zero-order chi connectivity index (χ0) is 11.2. The highest BCUT2D eigenvalue weighted by Crippen LogP contribution is 2.15. The van der Waals surface area contributed by atoms with Crippen LogP contribution in [0.15, 0.2) is 35.2 Å². The first kappa shape index (κ1) is 11.5. The molecule has 1 fully saturated rings. The summed E-state index contributed by atoms with van der Waals surface area (Å²) < 4.78 is 0. The molecule has 0 atom stereocenters. The van der Waals surface area contributed by atoms with Crippen LogP contribution < -0.4 is 10.6 Å². The average molecular weight is 236 g/mol. The second kappa shape index (κ2) is 5.92. The lowest BCUT2D eigenvalue weighted by atomic mass is 10.0. The number of carbonyl (C=O) groups is 1. The second-order valence-electron chi connectivity index (χ2n) is 3.81. The quantitative estimate of drug-likeness (QED) is 0.594.